The third kappa shape index (κ3) is 3.03. The van der Waals surface area contributed by atoms with Crippen LogP contribution in [0.2, 0.25) is 0 Å². The van der Waals surface area contributed by atoms with Gasteiger partial charge in [0.1, 0.15) is 12.4 Å². The number of aryl methyl sites for hydroxylation is 1. The molecule has 0 aliphatic rings. The van der Waals surface area contributed by atoms with Gasteiger partial charge in [-0.1, -0.05) is 18.2 Å². The normalized spacial score (nSPS) is 10.1. The van der Waals surface area contributed by atoms with Gasteiger partial charge >= 0.3 is 5.69 Å². The van der Waals surface area contributed by atoms with E-state index in [0.717, 1.165) is 5.82 Å². The lowest BCUT2D eigenvalue weighted by atomic mass is 10.2. The van der Waals surface area contributed by atoms with Crippen LogP contribution in [0.1, 0.15) is 11.3 Å². The summed E-state index contributed by atoms with van der Waals surface area (Å²) in [5.41, 5.74) is 1.27. The summed E-state index contributed by atoms with van der Waals surface area (Å²) >= 11 is 0. The maximum Gasteiger partial charge on any atom is 0.313 e. The molecule has 0 amide bonds. The van der Waals surface area contributed by atoms with Crippen molar-refractivity contribution < 1.29 is 9.66 Å². The van der Waals surface area contributed by atoms with Crippen LogP contribution in [0, 0.1) is 17.0 Å². The summed E-state index contributed by atoms with van der Waals surface area (Å²) in [6.07, 6.45) is 0. The lowest BCUT2D eigenvalue weighted by molar-refractivity contribution is -0.386. The molecule has 0 saturated carbocycles. The van der Waals surface area contributed by atoms with Gasteiger partial charge in [-0.15, -0.1) is 0 Å². The molecule has 1 N–H and O–H groups in total. The van der Waals surface area contributed by atoms with E-state index in [4.69, 9.17) is 4.74 Å². The first kappa shape index (κ1) is 13.8. The number of nitro benzene ring substituents is 1. The number of benzene rings is 1. The number of rotatable bonds is 5. The Hall–Kier alpha value is -2.63. The van der Waals surface area contributed by atoms with Crippen LogP contribution in [0.3, 0.4) is 0 Å². The third-order valence-corrected chi connectivity index (χ3v) is 2.82. The molecule has 20 heavy (non-hydrogen) atoms. The molecular weight excluding hydrogens is 258 g/mol. The lowest BCUT2D eigenvalue weighted by Gasteiger charge is -2.08. The number of anilines is 1. The molecule has 6 nitrogen and oxygen atoms in total. The number of ether oxygens (including phenoxy) is 1. The fraction of sp³-hybridized carbons (Fsp3) is 0.214. The molecule has 0 bridgehead atoms. The zero-order valence-corrected chi connectivity index (χ0v) is 11.3. The average Bonchev–Trinajstić information content (AvgIpc) is 2.45. The van der Waals surface area contributed by atoms with Crippen molar-refractivity contribution in [1.29, 1.82) is 0 Å². The summed E-state index contributed by atoms with van der Waals surface area (Å²) in [6, 6.07) is 10.5. The van der Waals surface area contributed by atoms with Crippen molar-refractivity contribution in [2.75, 3.05) is 12.4 Å². The summed E-state index contributed by atoms with van der Waals surface area (Å²) in [5.74, 6) is 0.983. The highest BCUT2D eigenvalue weighted by Crippen LogP contribution is 2.30. The molecule has 1 aromatic heterocycles. The van der Waals surface area contributed by atoms with Gasteiger partial charge in [0, 0.05) is 12.6 Å². The highest BCUT2D eigenvalue weighted by atomic mass is 16.6. The number of hydrogen-bond acceptors (Lipinski definition) is 5. The van der Waals surface area contributed by atoms with Gasteiger partial charge in [-0.2, -0.15) is 0 Å². The Morgan fingerprint density at radius 2 is 2.05 bits per heavy atom. The second-order valence-electron chi connectivity index (χ2n) is 4.23. The van der Waals surface area contributed by atoms with E-state index in [0.29, 0.717) is 11.3 Å². The lowest BCUT2D eigenvalue weighted by Crippen LogP contribution is -2.03. The quantitative estimate of drug-likeness (QED) is 0.669. The Morgan fingerprint density at radius 1 is 1.30 bits per heavy atom. The molecule has 0 radical (unpaired) electrons. The van der Waals surface area contributed by atoms with Crippen LogP contribution in [0.5, 0.6) is 5.75 Å². The van der Waals surface area contributed by atoms with Crippen molar-refractivity contribution >= 4 is 11.5 Å². The molecule has 2 aromatic rings. The zero-order valence-electron chi connectivity index (χ0n) is 11.3. The summed E-state index contributed by atoms with van der Waals surface area (Å²) in [4.78, 5) is 14.9. The van der Waals surface area contributed by atoms with Crippen LogP contribution >= 0.6 is 0 Å². The van der Waals surface area contributed by atoms with Crippen LogP contribution in [0.25, 0.3) is 0 Å². The summed E-state index contributed by atoms with van der Waals surface area (Å²) in [5, 5.41) is 14.0. The highest BCUT2D eigenvalue weighted by molar-refractivity contribution is 5.52. The van der Waals surface area contributed by atoms with Gasteiger partial charge < -0.3 is 10.1 Å². The molecule has 0 spiro atoms. The Morgan fingerprint density at radius 3 is 2.75 bits per heavy atom. The SMILES string of the molecule is CNc1cccc(COc2cccc(C)c2[N+](=O)[O-])n1. The predicted molar refractivity (Wildman–Crippen MR) is 75.9 cm³/mol. The smallest absolute Gasteiger partial charge is 0.313 e. The first-order valence-electron chi connectivity index (χ1n) is 6.12. The molecule has 0 unspecified atom stereocenters. The molecule has 6 heteroatoms. The molecular formula is C14H15N3O3. The van der Waals surface area contributed by atoms with Crippen LogP contribution < -0.4 is 10.1 Å². The largest absolute Gasteiger partial charge is 0.480 e. The molecule has 1 aromatic carbocycles. The summed E-state index contributed by atoms with van der Waals surface area (Å²) in [7, 11) is 1.78. The summed E-state index contributed by atoms with van der Waals surface area (Å²) in [6.45, 7) is 1.87. The first-order chi connectivity index (χ1) is 9.61. The van der Waals surface area contributed by atoms with Gasteiger partial charge in [-0.25, -0.2) is 4.98 Å². The first-order valence-corrected chi connectivity index (χ1v) is 6.12. The standard InChI is InChI=1S/C14H15N3O3/c1-10-5-3-7-12(14(10)17(18)19)20-9-11-6-4-8-13(15-2)16-11/h3-8H,9H2,1-2H3,(H,15,16). The Kier molecular flexibility index (Phi) is 4.14. The minimum Gasteiger partial charge on any atom is -0.480 e. The van der Waals surface area contributed by atoms with Crippen LogP contribution in [-0.2, 0) is 6.61 Å². The van der Waals surface area contributed by atoms with E-state index < -0.39 is 4.92 Å². The van der Waals surface area contributed by atoms with Gasteiger partial charge in [0.05, 0.1) is 10.6 Å². The van der Waals surface area contributed by atoms with E-state index in [1.54, 1.807) is 32.2 Å². The second-order valence-corrected chi connectivity index (χ2v) is 4.23. The van der Waals surface area contributed by atoms with Crippen molar-refractivity contribution in [3.63, 3.8) is 0 Å². The number of pyridine rings is 1. The fourth-order valence-corrected chi connectivity index (χ4v) is 1.83. The van der Waals surface area contributed by atoms with Gasteiger partial charge in [-0.3, -0.25) is 10.1 Å². The average molecular weight is 273 g/mol. The third-order valence-electron chi connectivity index (χ3n) is 2.82. The molecule has 104 valence electrons. The minimum atomic E-state index is -0.428. The molecule has 0 aliphatic heterocycles. The number of hydrogen-bond donors (Lipinski definition) is 1. The van der Waals surface area contributed by atoms with E-state index in [1.807, 2.05) is 18.2 Å². The van der Waals surface area contributed by atoms with Crippen molar-refractivity contribution in [3.8, 4) is 5.75 Å². The Labute approximate surface area is 116 Å². The Balaban J connectivity index is 2.18. The number of nitrogens with zero attached hydrogens (tertiary/aromatic N) is 2. The number of aromatic nitrogens is 1. The predicted octanol–water partition coefficient (Wildman–Crippen LogP) is 2.92. The number of nitrogens with one attached hydrogen (secondary N) is 1. The van der Waals surface area contributed by atoms with Crippen LogP contribution in [-0.4, -0.2) is 17.0 Å². The van der Waals surface area contributed by atoms with Gasteiger partial charge in [0.25, 0.3) is 0 Å². The van der Waals surface area contributed by atoms with E-state index in [-0.39, 0.29) is 18.0 Å². The molecule has 1 heterocycles. The maximum absolute atomic E-state index is 11.1. The molecule has 0 atom stereocenters. The van der Waals surface area contributed by atoms with Crippen LogP contribution in [0.4, 0.5) is 11.5 Å². The molecule has 0 saturated heterocycles. The molecule has 2 rings (SSSR count). The zero-order chi connectivity index (χ0) is 14.5. The molecule has 0 fully saturated rings. The maximum atomic E-state index is 11.1. The van der Waals surface area contributed by atoms with Crippen molar-refractivity contribution in [2.45, 2.75) is 13.5 Å². The van der Waals surface area contributed by atoms with E-state index in [1.165, 1.54) is 0 Å². The minimum absolute atomic E-state index is 0.00253. The summed E-state index contributed by atoms with van der Waals surface area (Å²) < 4.78 is 5.53. The number of nitro groups is 1. The van der Waals surface area contributed by atoms with E-state index >= 15 is 0 Å². The molecule has 0 aliphatic carbocycles. The van der Waals surface area contributed by atoms with Crippen molar-refractivity contribution in [1.82, 2.24) is 4.98 Å². The van der Waals surface area contributed by atoms with Gasteiger partial charge in [0.2, 0.25) is 0 Å². The van der Waals surface area contributed by atoms with Crippen molar-refractivity contribution in [3.05, 3.63) is 57.8 Å². The Bertz CT molecular complexity index is 629. The van der Waals surface area contributed by atoms with Crippen molar-refractivity contribution in [2.24, 2.45) is 0 Å². The second kappa shape index (κ2) is 6.01. The van der Waals surface area contributed by atoms with E-state index in [2.05, 4.69) is 10.3 Å². The highest BCUT2D eigenvalue weighted by Gasteiger charge is 2.18. The van der Waals surface area contributed by atoms with E-state index in [9.17, 15) is 10.1 Å². The monoisotopic (exact) mass is 273 g/mol. The topological polar surface area (TPSA) is 77.3 Å². The number of para-hydroxylation sites is 1. The van der Waals surface area contributed by atoms with Crippen LogP contribution in [0.15, 0.2) is 36.4 Å². The van der Waals surface area contributed by atoms with Gasteiger partial charge in [0.15, 0.2) is 5.75 Å². The fourth-order valence-electron chi connectivity index (χ4n) is 1.83. The van der Waals surface area contributed by atoms with Gasteiger partial charge in [-0.05, 0) is 25.1 Å².